The molecule has 3 saturated carbocycles. The Labute approximate surface area is 177 Å². The molecule has 1 saturated heterocycles. The fraction of sp³-hybridized carbons (Fsp3) is 0.741. The van der Waals surface area contributed by atoms with Crippen molar-refractivity contribution in [2.24, 2.45) is 39.9 Å². The zero-order chi connectivity index (χ0) is 20.4. The monoisotopic (exact) mass is 393 g/mol. The number of rotatable bonds is 2. The molecule has 2 heteroatoms. The number of fused-ring (bicyclic) bond motifs is 5. The van der Waals surface area contributed by atoms with Crippen molar-refractivity contribution in [1.82, 2.24) is 5.32 Å². The molecule has 2 nitrogen and oxygen atoms in total. The summed E-state index contributed by atoms with van der Waals surface area (Å²) in [4.78, 5) is 12.6. The summed E-state index contributed by atoms with van der Waals surface area (Å²) in [5.74, 6) is 3.19. The zero-order valence-corrected chi connectivity index (χ0v) is 18.8. The lowest BCUT2D eigenvalue weighted by atomic mass is 9.39. The first kappa shape index (κ1) is 19.6. The molecule has 1 amide bonds. The molecular formula is C27H39NO. The Bertz CT molecular complexity index is 785. The highest BCUT2D eigenvalue weighted by atomic mass is 16.1. The van der Waals surface area contributed by atoms with Crippen LogP contribution in [0.2, 0.25) is 0 Å². The van der Waals surface area contributed by atoms with Crippen LogP contribution in [0.15, 0.2) is 30.3 Å². The van der Waals surface area contributed by atoms with Gasteiger partial charge in [-0.05, 0) is 84.0 Å². The first-order valence-electron chi connectivity index (χ1n) is 12.1. The maximum atomic E-state index is 12.6. The Morgan fingerprint density at radius 1 is 0.966 bits per heavy atom. The average molecular weight is 394 g/mol. The molecule has 4 aliphatic rings. The van der Waals surface area contributed by atoms with Gasteiger partial charge in [-0.25, -0.2) is 0 Å². The van der Waals surface area contributed by atoms with E-state index in [4.69, 9.17) is 0 Å². The van der Waals surface area contributed by atoms with E-state index in [0.29, 0.717) is 17.4 Å². The third-order valence-corrected chi connectivity index (χ3v) is 10.3. The zero-order valence-electron chi connectivity index (χ0n) is 18.8. The van der Waals surface area contributed by atoms with Gasteiger partial charge in [-0.1, -0.05) is 64.4 Å². The van der Waals surface area contributed by atoms with Crippen molar-refractivity contribution in [2.75, 3.05) is 0 Å². The highest BCUT2D eigenvalue weighted by Crippen LogP contribution is 2.69. The van der Waals surface area contributed by atoms with E-state index in [-0.39, 0.29) is 16.7 Å². The molecule has 1 aromatic carbocycles. The lowest BCUT2D eigenvalue weighted by molar-refractivity contribution is -0.180. The van der Waals surface area contributed by atoms with E-state index >= 15 is 0 Å². The van der Waals surface area contributed by atoms with Crippen LogP contribution in [-0.2, 0) is 11.2 Å². The normalized spacial score (nSPS) is 45.7. The number of benzene rings is 1. The molecular weight excluding hydrogens is 354 g/mol. The van der Waals surface area contributed by atoms with Crippen molar-refractivity contribution < 1.29 is 4.79 Å². The number of hydrogen-bond donors (Lipinski definition) is 1. The highest BCUT2D eigenvalue weighted by molar-refractivity contribution is 5.77. The summed E-state index contributed by atoms with van der Waals surface area (Å²) in [7, 11) is 0. The molecule has 1 aromatic rings. The molecule has 0 bridgehead atoms. The number of hydrogen-bond acceptors (Lipinski definition) is 1. The standard InChI is InChI=1S/C27H39NO/c1-25(2)21(17-18-9-6-5-7-10-18)24-27(4,16-13-22(29)28-24)20-12-15-26(3)14-8-11-19(26)23(20)25/h5-7,9-10,19-21,23-24H,8,11-17H2,1-4H3,(H,28,29)/t19-,20+,21?,23-,24?,26-,27+/m0/s1. The molecule has 4 fully saturated rings. The van der Waals surface area contributed by atoms with Gasteiger partial charge in [0.25, 0.3) is 0 Å². The maximum absolute atomic E-state index is 12.6. The van der Waals surface area contributed by atoms with Gasteiger partial charge in [0.1, 0.15) is 0 Å². The minimum atomic E-state index is 0.242. The second kappa shape index (κ2) is 6.59. The Kier molecular flexibility index (Phi) is 4.47. The van der Waals surface area contributed by atoms with E-state index in [1.807, 2.05) is 0 Å². The van der Waals surface area contributed by atoms with Crippen molar-refractivity contribution in [3.8, 4) is 0 Å². The largest absolute Gasteiger partial charge is 0.353 e. The molecule has 5 rings (SSSR count). The third kappa shape index (κ3) is 2.84. The van der Waals surface area contributed by atoms with Gasteiger partial charge in [-0.2, -0.15) is 0 Å². The van der Waals surface area contributed by atoms with E-state index in [1.54, 1.807) is 0 Å². The van der Waals surface area contributed by atoms with Gasteiger partial charge in [-0.15, -0.1) is 0 Å². The van der Waals surface area contributed by atoms with Gasteiger partial charge in [0.2, 0.25) is 5.91 Å². The molecule has 7 atom stereocenters. The number of nitrogens with one attached hydrogen (secondary N) is 1. The Balaban J connectivity index is 1.60. The molecule has 29 heavy (non-hydrogen) atoms. The predicted molar refractivity (Wildman–Crippen MR) is 118 cm³/mol. The summed E-state index contributed by atoms with van der Waals surface area (Å²) in [6.07, 6.45) is 9.91. The van der Waals surface area contributed by atoms with Gasteiger partial charge in [-0.3, -0.25) is 4.79 Å². The van der Waals surface area contributed by atoms with Crippen molar-refractivity contribution in [3.05, 3.63) is 35.9 Å². The predicted octanol–water partition coefficient (Wildman–Crippen LogP) is 6.00. The summed E-state index contributed by atoms with van der Waals surface area (Å²) in [5.41, 5.74) is 2.47. The fourth-order valence-corrected chi connectivity index (χ4v) is 8.76. The fourth-order valence-electron chi connectivity index (χ4n) is 8.76. The van der Waals surface area contributed by atoms with Crippen LogP contribution in [0.5, 0.6) is 0 Å². The molecule has 1 heterocycles. The SMILES string of the molecule is CC1(C)C(Cc2ccccc2)C2NC(=O)CC[C@]2(C)[C@@H]2CC[C@]3(C)CCC[C@H]3[C@@H]21. The molecule has 1 aliphatic heterocycles. The Hall–Kier alpha value is -1.31. The van der Waals surface area contributed by atoms with Crippen molar-refractivity contribution in [1.29, 1.82) is 0 Å². The van der Waals surface area contributed by atoms with Crippen LogP contribution in [-0.4, -0.2) is 11.9 Å². The molecule has 0 aromatic heterocycles. The van der Waals surface area contributed by atoms with E-state index in [0.717, 1.165) is 37.0 Å². The van der Waals surface area contributed by atoms with E-state index in [2.05, 4.69) is 63.3 Å². The molecule has 0 radical (unpaired) electrons. The number of carbonyl (C=O) groups is 1. The average Bonchev–Trinajstić information content (AvgIpc) is 3.09. The number of amides is 1. The first-order valence-corrected chi connectivity index (χ1v) is 12.1. The van der Waals surface area contributed by atoms with Crippen LogP contribution >= 0.6 is 0 Å². The highest BCUT2D eigenvalue weighted by Gasteiger charge is 2.66. The smallest absolute Gasteiger partial charge is 0.220 e. The molecule has 2 unspecified atom stereocenters. The second-order valence-corrected chi connectivity index (χ2v) is 12.0. The van der Waals surface area contributed by atoms with Crippen LogP contribution < -0.4 is 5.32 Å². The topological polar surface area (TPSA) is 29.1 Å². The molecule has 0 spiro atoms. The van der Waals surface area contributed by atoms with Gasteiger partial charge >= 0.3 is 0 Å². The van der Waals surface area contributed by atoms with Crippen LogP contribution in [0.1, 0.15) is 78.2 Å². The number of carbonyl (C=O) groups excluding carboxylic acids is 1. The van der Waals surface area contributed by atoms with Crippen molar-refractivity contribution >= 4 is 5.91 Å². The van der Waals surface area contributed by atoms with Crippen LogP contribution in [0.25, 0.3) is 0 Å². The van der Waals surface area contributed by atoms with E-state index in [9.17, 15) is 4.79 Å². The maximum Gasteiger partial charge on any atom is 0.220 e. The number of piperidine rings is 1. The van der Waals surface area contributed by atoms with Crippen molar-refractivity contribution in [2.45, 2.75) is 85.1 Å². The summed E-state index contributed by atoms with van der Waals surface area (Å²) in [5, 5.41) is 3.55. The summed E-state index contributed by atoms with van der Waals surface area (Å²) in [6, 6.07) is 11.3. The summed E-state index contributed by atoms with van der Waals surface area (Å²) < 4.78 is 0. The van der Waals surface area contributed by atoms with Crippen molar-refractivity contribution in [3.63, 3.8) is 0 Å². The Morgan fingerprint density at radius 2 is 1.72 bits per heavy atom. The quantitative estimate of drug-likeness (QED) is 0.656. The van der Waals surface area contributed by atoms with E-state index < -0.39 is 0 Å². The van der Waals surface area contributed by atoms with E-state index in [1.165, 1.54) is 37.7 Å². The van der Waals surface area contributed by atoms with Crippen LogP contribution in [0.4, 0.5) is 0 Å². The minimum Gasteiger partial charge on any atom is -0.353 e. The van der Waals surface area contributed by atoms with Gasteiger partial charge in [0.05, 0.1) is 0 Å². The first-order chi connectivity index (χ1) is 13.8. The minimum absolute atomic E-state index is 0.242. The third-order valence-electron chi connectivity index (χ3n) is 10.3. The summed E-state index contributed by atoms with van der Waals surface area (Å²) >= 11 is 0. The second-order valence-electron chi connectivity index (χ2n) is 12.0. The molecule has 3 aliphatic carbocycles. The molecule has 1 N–H and O–H groups in total. The lowest BCUT2D eigenvalue weighted by Gasteiger charge is -2.67. The summed E-state index contributed by atoms with van der Waals surface area (Å²) in [6.45, 7) is 10.3. The van der Waals surface area contributed by atoms with Gasteiger partial charge in [0.15, 0.2) is 0 Å². The molecule has 158 valence electrons. The van der Waals surface area contributed by atoms with Gasteiger partial charge < -0.3 is 5.32 Å². The van der Waals surface area contributed by atoms with Crippen LogP contribution in [0.3, 0.4) is 0 Å². The van der Waals surface area contributed by atoms with Crippen LogP contribution in [0, 0.1) is 39.9 Å². The van der Waals surface area contributed by atoms with Gasteiger partial charge in [0, 0.05) is 12.5 Å². The lowest BCUT2D eigenvalue weighted by Crippen LogP contribution is -2.69. The Morgan fingerprint density at radius 3 is 2.48 bits per heavy atom.